The van der Waals surface area contributed by atoms with Crippen molar-refractivity contribution in [1.82, 2.24) is 9.78 Å². The molecule has 1 N–H and O–H groups in total. The van der Waals surface area contributed by atoms with Crippen LogP contribution in [0.25, 0.3) is 5.69 Å². The number of carboxylic acid groups (broad SMARTS) is 1. The van der Waals surface area contributed by atoms with Crippen LogP contribution in [-0.4, -0.2) is 20.9 Å². The minimum Gasteiger partial charge on any atom is -0.478 e. The summed E-state index contributed by atoms with van der Waals surface area (Å²) in [6.07, 6.45) is -2.72. The van der Waals surface area contributed by atoms with E-state index in [0.717, 1.165) is 4.68 Å². The molecular weight excluding hydrogens is 278 g/mol. The van der Waals surface area contributed by atoms with Gasteiger partial charge >= 0.3 is 5.97 Å². The molecular formula is C12H9ClF2N2O2. The van der Waals surface area contributed by atoms with Crippen LogP contribution in [0.5, 0.6) is 0 Å². The Morgan fingerprint density at radius 2 is 2.16 bits per heavy atom. The Balaban J connectivity index is 2.65. The van der Waals surface area contributed by atoms with E-state index in [-0.39, 0.29) is 16.3 Å². The first kappa shape index (κ1) is 13.5. The molecule has 0 saturated heterocycles. The summed E-state index contributed by atoms with van der Waals surface area (Å²) in [6, 6.07) is 5.62. The summed E-state index contributed by atoms with van der Waals surface area (Å²) < 4.78 is 26.3. The van der Waals surface area contributed by atoms with Crippen LogP contribution in [0.3, 0.4) is 0 Å². The fraction of sp³-hybridized carbons (Fsp3) is 0.167. The number of rotatable bonds is 3. The lowest BCUT2D eigenvalue weighted by atomic mass is 10.1. The second-order valence-electron chi connectivity index (χ2n) is 3.86. The lowest BCUT2D eigenvalue weighted by Crippen LogP contribution is -2.08. The topological polar surface area (TPSA) is 55.1 Å². The number of nitrogens with zero attached hydrogens (tertiary/aromatic N) is 2. The van der Waals surface area contributed by atoms with Gasteiger partial charge in [-0.2, -0.15) is 5.10 Å². The Hall–Kier alpha value is -1.95. The van der Waals surface area contributed by atoms with E-state index in [1.165, 1.54) is 24.3 Å². The van der Waals surface area contributed by atoms with Crippen molar-refractivity contribution in [2.24, 2.45) is 0 Å². The van der Waals surface area contributed by atoms with Crippen LogP contribution in [0.2, 0.25) is 5.02 Å². The molecule has 7 heteroatoms. The number of hydrogen-bond donors (Lipinski definition) is 1. The van der Waals surface area contributed by atoms with E-state index in [2.05, 4.69) is 5.10 Å². The highest BCUT2D eigenvalue weighted by Crippen LogP contribution is 2.26. The van der Waals surface area contributed by atoms with E-state index < -0.39 is 18.1 Å². The first-order chi connectivity index (χ1) is 8.91. The van der Waals surface area contributed by atoms with E-state index in [1.807, 2.05) is 0 Å². The SMILES string of the molecule is Cc1cc(C(F)F)nn1-c1cccc(Cl)c1C(=O)O. The zero-order chi connectivity index (χ0) is 14.2. The Bertz CT molecular complexity index is 641. The van der Waals surface area contributed by atoms with Crippen LogP contribution < -0.4 is 0 Å². The van der Waals surface area contributed by atoms with Crippen LogP contribution in [0.1, 0.15) is 28.2 Å². The number of carbonyl (C=O) groups is 1. The smallest absolute Gasteiger partial charge is 0.339 e. The number of aromatic nitrogens is 2. The molecule has 19 heavy (non-hydrogen) atoms. The summed E-state index contributed by atoms with van der Waals surface area (Å²) in [5.74, 6) is -1.24. The van der Waals surface area contributed by atoms with Gasteiger partial charge in [0.1, 0.15) is 11.3 Å². The van der Waals surface area contributed by atoms with Crippen LogP contribution >= 0.6 is 11.6 Å². The molecule has 0 saturated carbocycles. The standard InChI is InChI=1S/C12H9ClF2N2O2/c1-6-5-8(11(14)15)16-17(6)9-4-2-3-7(13)10(9)12(18)19/h2-5,11H,1H3,(H,18,19). The van der Waals surface area contributed by atoms with Gasteiger partial charge in [0.2, 0.25) is 0 Å². The van der Waals surface area contributed by atoms with Gasteiger partial charge < -0.3 is 5.11 Å². The molecule has 0 unspecified atom stereocenters. The third kappa shape index (κ3) is 2.44. The number of benzene rings is 1. The molecule has 0 aliphatic heterocycles. The fourth-order valence-corrected chi connectivity index (χ4v) is 2.00. The molecule has 0 amide bonds. The zero-order valence-corrected chi connectivity index (χ0v) is 10.5. The van der Waals surface area contributed by atoms with Crippen molar-refractivity contribution in [3.63, 3.8) is 0 Å². The summed E-state index contributed by atoms with van der Waals surface area (Å²) in [7, 11) is 0. The van der Waals surface area contributed by atoms with E-state index >= 15 is 0 Å². The molecule has 0 spiro atoms. The van der Waals surface area contributed by atoms with Crippen LogP contribution in [-0.2, 0) is 0 Å². The third-order valence-electron chi connectivity index (χ3n) is 2.56. The van der Waals surface area contributed by atoms with Crippen LogP contribution in [0.4, 0.5) is 8.78 Å². The zero-order valence-electron chi connectivity index (χ0n) is 9.77. The Kier molecular flexibility index (Phi) is 3.53. The van der Waals surface area contributed by atoms with Crippen molar-refractivity contribution in [2.45, 2.75) is 13.3 Å². The van der Waals surface area contributed by atoms with Gasteiger partial charge in [0.15, 0.2) is 0 Å². The van der Waals surface area contributed by atoms with Crippen molar-refractivity contribution in [3.05, 3.63) is 46.2 Å². The highest BCUT2D eigenvalue weighted by atomic mass is 35.5. The van der Waals surface area contributed by atoms with E-state index in [0.29, 0.717) is 5.69 Å². The summed E-state index contributed by atoms with van der Waals surface area (Å²) in [4.78, 5) is 11.2. The van der Waals surface area contributed by atoms with Gasteiger partial charge in [0, 0.05) is 5.69 Å². The maximum atomic E-state index is 12.6. The summed E-state index contributed by atoms with van der Waals surface area (Å²) in [5.41, 5.74) is -0.0190. The molecule has 0 radical (unpaired) electrons. The number of alkyl halides is 2. The van der Waals surface area contributed by atoms with E-state index in [4.69, 9.17) is 16.7 Å². The largest absolute Gasteiger partial charge is 0.478 e. The van der Waals surface area contributed by atoms with E-state index in [9.17, 15) is 13.6 Å². The van der Waals surface area contributed by atoms with Crippen LogP contribution in [0.15, 0.2) is 24.3 Å². The van der Waals surface area contributed by atoms with Gasteiger partial charge in [-0.15, -0.1) is 0 Å². The summed E-state index contributed by atoms with van der Waals surface area (Å²) in [5, 5.41) is 12.9. The Morgan fingerprint density at radius 1 is 1.47 bits per heavy atom. The molecule has 100 valence electrons. The van der Waals surface area contributed by atoms with Crippen molar-refractivity contribution in [1.29, 1.82) is 0 Å². The van der Waals surface area contributed by atoms with Gasteiger partial charge in [0.25, 0.3) is 6.43 Å². The maximum absolute atomic E-state index is 12.6. The third-order valence-corrected chi connectivity index (χ3v) is 2.88. The second-order valence-corrected chi connectivity index (χ2v) is 4.27. The molecule has 0 bridgehead atoms. The first-order valence-corrected chi connectivity index (χ1v) is 5.66. The minimum atomic E-state index is -2.72. The minimum absolute atomic E-state index is 0.0264. The average Bonchev–Trinajstić information content (AvgIpc) is 2.70. The van der Waals surface area contributed by atoms with Crippen molar-refractivity contribution >= 4 is 17.6 Å². The predicted octanol–water partition coefficient (Wildman–Crippen LogP) is 3.47. The molecule has 4 nitrogen and oxygen atoms in total. The highest BCUT2D eigenvalue weighted by Gasteiger charge is 2.20. The van der Waals surface area contributed by atoms with Crippen LogP contribution in [0, 0.1) is 6.92 Å². The summed E-state index contributed by atoms with van der Waals surface area (Å²) in [6.45, 7) is 1.56. The van der Waals surface area contributed by atoms with Crippen molar-refractivity contribution in [2.75, 3.05) is 0 Å². The predicted molar refractivity (Wildman–Crippen MR) is 65.2 cm³/mol. The first-order valence-electron chi connectivity index (χ1n) is 5.28. The summed E-state index contributed by atoms with van der Waals surface area (Å²) >= 11 is 5.83. The fourth-order valence-electron chi connectivity index (χ4n) is 1.75. The van der Waals surface area contributed by atoms with Gasteiger partial charge in [-0.1, -0.05) is 17.7 Å². The molecule has 1 aromatic heterocycles. The van der Waals surface area contributed by atoms with E-state index in [1.54, 1.807) is 6.92 Å². The number of aryl methyl sites for hydroxylation is 1. The van der Waals surface area contributed by atoms with Gasteiger partial charge in [0.05, 0.1) is 10.7 Å². The monoisotopic (exact) mass is 286 g/mol. The Morgan fingerprint density at radius 3 is 2.68 bits per heavy atom. The maximum Gasteiger partial charge on any atom is 0.339 e. The van der Waals surface area contributed by atoms with Crippen molar-refractivity contribution < 1.29 is 18.7 Å². The molecule has 0 aliphatic carbocycles. The molecule has 0 fully saturated rings. The number of carboxylic acids is 1. The number of aromatic carboxylic acids is 1. The molecule has 1 aromatic carbocycles. The van der Waals surface area contributed by atoms with Gasteiger partial charge in [-0.25, -0.2) is 18.3 Å². The lowest BCUT2D eigenvalue weighted by Gasteiger charge is -2.09. The van der Waals surface area contributed by atoms with Crippen molar-refractivity contribution in [3.8, 4) is 5.69 Å². The quantitative estimate of drug-likeness (QED) is 0.940. The van der Waals surface area contributed by atoms with Gasteiger partial charge in [-0.05, 0) is 25.1 Å². The number of halogens is 3. The number of hydrogen-bond acceptors (Lipinski definition) is 2. The normalized spacial score (nSPS) is 11.0. The molecule has 2 rings (SSSR count). The molecule has 0 atom stereocenters. The Labute approximate surface area is 112 Å². The molecule has 0 aliphatic rings. The average molecular weight is 287 g/mol. The lowest BCUT2D eigenvalue weighted by molar-refractivity contribution is 0.0697. The highest BCUT2D eigenvalue weighted by molar-refractivity contribution is 6.34. The molecule has 2 aromatic rings. The van der Waals surface area contributed by atoms with Gasteiger partial charge in [-0.3, -0.25) is 0 Å². The molecule has 1 heterocycles. The second kappa shape index (κ2) is 4.97.